The van der Waals surface area contributed by atoms with E-state index in [0.29, 0.717) is 12.1 Å². The predicted octanol–water partition coefficient (Wildman–Crippen LogP) is 2.27. The zero-order valence-corrected chi connectivity index (χ0v) is 11.1. The number of ether oxygens (including phenoxy) is 1. The lowest BCUT2D eigenvalue weighted by atomic mass is 9.82. The van der Waals surface area contributed by atoms with E-state index in [1.807, 2.05) is 25.7 Å². The fourth-order valence-electron chi connectivity index (χ4n) is 3.04. The van der Waals surface area contributed by atoms with Crippen molar-refractivity contribution in [1.82, 2.24) is 4.90 Å². The highest BCUT2D eigenvalue weighted by Gasteiger charge is 2.41. The summed E-state index contributed by atoms with van der Waals surface area (Å²) in [6.07, 6.45) is 5.05. The number of hydrogen-bond acceptors (Lipinski definition) is 3. The molecule has 2 heterocycles. The summed E-state index contributed by atoms with van der Waals surface area (Å²) in [5, 5.41) is 0. The van der Waals surface area contributed by atoms with Crippen molar-refractivity contribution in [2.24, 2.45) is 5.73 Å². The molecular weight excluding hydrogens is 216 g/mol. The number of nitrogens with two attached hydrogens (primary N) is 1. The average Bonchev–Trinajstić information content (AvgIpc) is 2.12. The predicted molar refractivity (Wildman–Crippen MR) is 66.7 cm³/mol. The molecule has 0 aromatic carbocycles. The highest BCUT2D eigenvalue weighted by molar-refractivity contribution is 5.69. The summed E-state index contributed by atoms with van der Waals surface area (Å²) in [5.74, 6) is 0. The van der Waals surface area contributed by atoms with Crippen LogP contribution in [0.2, 0.25) is 0 Å². The van der Waals surface area contributed by atoms with Crippen LogP contribution in [0.15, 0.2) is 0 Å². The molecule has 3 atom stereocenters. The quantitative estimate of drug-likeness (QED) is 0.706. The molecule has 4 nitrogen and oxygen atoms in total. The van der Waals surface area contributed by atoms with Gasteiger partial charge < -0.3 is 15.4 Å². The Balaban J connectivity index is 2.07. The summed E-state index contributed by atoms with van der Waals surface area (Å²) in [6, 6.07) is 0.851. The number of rotatable bonds is 0. The minimum Gasteiger partial charge on any atom is -0.444 e. The molecule has 0 saturated carbocycles. The lowest BCUT2D eigenvalue weighted by Crippen LogP contribution is -2.58. The fourth-order valence-corrected chi connectivity index (χ4v) is 3.04. The van der Waals surface area contributed by atoms with Gasteiger partial charge in [-0.1, -0.05) is 0 Å². The third-order valence-corrected chi connectivity index (χ3v) is 3.62. The van der Waals surface area contributed by atoms with Crippen LogP contribution in [-0.2, 0) is 4.74 Å². The van der Waals surface area contributed by atoms with Gasteiger partial charge in [-0.05, 0) is 52.9 Å². The van der Waals surface area contributed by atoms with Crippen molar-refractivity contribution in [2.75, 3.05) is 0 Å². The van der Waals surface area contributed by atoms with Crippen molar-refractivity contribution >= 4 is 6.09 Å². The van der Waals surface area contributed by atoms with Gasteiger partial charge in [0.2, 0.25) is 0 Å². The SMILES string of the molecule is CC(C)(C)OC(=O)N1[C@@H]2CCC[C@H]1C[C@H](N)C2. The van der Waals surface area contributed by atoms with Crippen LogP contribution in [-0.4, -0.2) is 34.7 Å². The molecule has 2 fully saturated rings. The van der Waals surface area contributed by atoms with Gasteiger partial charge in [0.25, 0.3) is 0 Å². The Morgan fingerprint density at radius 3 is 2.24 bits per heavy atom. The highest BCUT2D eigenvalue weighted by atomic mass is 16.6. The van der Waals surface area contributed by atoms with E-state index >= 15 is 0 Å². The van der Waals surface area contributed by atoms with Crippen LogP contribution in [0, 0.1) is 0 Å². The second-order valence-electron chi connectivity index (χ2n) is 6.36. The number of carbonyl (C=O) groups is 1. The molecular formula is C13H24N2O2. The Kier molecular flexibility index (Phi) is 3.34. The standard InChI is InChI=1S/C13H24N2O2/c1-13(2,3)17-12(16)15-10-5-4-6-11(15)8-9(14)7-10/h9-11H,4-8,14H2,1-3H3/t9-,10-,11+. The Bertz CT molecular complexity index is 284. The first-order valence-electron chi connectivity index (χ1n) is 6.64. The topological polar surface area (TPSA) is 55.6 Å². The lowest BCUT2D eigenvalue weighted by Gasteiger charge is -2.47. The molecule has 4 heteroatoms. The number of carbonyl (C=O) groups excluding carboxylic acids is 1. The molecule has 2 saturated heterocycles. The first-order chi connectivity index (χ1) is 7.87. The number of piperidine rings is 2. The molecule has 98 valence electrons. The van der Waals surface area contributed by atoms with E-state index in [4.69, 9.17) is 10.5 Å². The molecule has 0 aromatic heterocycles. The number of amides is 1. The van der Waals surface area contributed by atoms with Crippen LogP contribution in [0.4, 0.5) is 4.79 Å². The number of fused-ring (bicyclic) bond motifs is 2. The molecule has 0 unspecified atom stereocenters. The van der Waals surface area contributed by atoms with E-state index < -0.39 is 5.60 Å². The van der Waals surface area contributed by atoms with Gasteiger partial charge in [-0.25, -0.2) is 4.79 Å². The van der Waals surface area contributed by atoms with Gasteiger partial charge in [-0.2, -0.15) is 0 Å². The van der Waals surface area contributed by atoms with Gasteiger partial charge >= 0.3 is 6.09 Å². The monoisotopic (exact) mass is 240 g/mol. The minimum absolute atomic E-state index is 0.154. The zero-order valence-electron chi connectivity index (χ0n) is 11.1. The van der Waals surface area contributed by atoms with Crippen LogP contribution in [0.25, 0.3) is 0 Å². The molecule has 0 radical (unpaired) electrons. The molecule has 2 N–H and O–H groups in total. The van der Waals surface area contributed by atoms with Crippen molar-refractivity contribution in [3.8, 4) is 0 Å². The molecule has 0 aromatic rings. The lowest BCUT2D eigenvalue weighted by molar-refractivity contribution is -0.0210. The summed E-state index contributed by atoms with van der Waals surface area (Å²) < 4.78 is 5.49. The van der Waals surface area contributed by atoms with Crippen molar-refractivity contribution in [2.45, 2.75) is 76.6 Å². The zero-order chi connectivity index (χ0) is 12.6. The second kappa shape index (κ2) is 4.48. The van der Waals surface area contributed by atoms with Crippen LogP contribution in [0.3, 0.4) is 0 Å². The molecule has 1 amide bonds. The smallest absolute Gasteiger partial charge is 0.410 e. The van der Waals surface area contributed by atoms with Gasteiger partial charge in [-0.3, -0.25) is 0 Å². The van der Waals surface area contributed by atoms with E-state index in [0.717, 1.165) is 25.7 Å². The fraction of sp³-hybridized carbons (Fsp3) is 0.923. The minimum atomic E-state index is -0.412. The number of hydrogen-bond donors (Lipinski definition) is 1. The highest BCUT2D eigenvalue weighted by Crippen LogP contribution is 2.34. The maximum absolute atomic E-state index is 12.2. The Morgan fingerprint density at radius 1 is 1.24 bits per heavy atom. The largest absolute Gasteiger partial charge is 0.444 e. The van der Waals surface area contributed by atoms with E-state index in [1.165, 1.54) is 6.42 Å². The Morgan fingerprint density at radius 2 is 1.76 bits per heavy atom. The van der Waals surface area contributed by atoms with Crippen LogP contribution in [0.5, 0.6) is 0 Å². The summed E-state index contributed by atoms with van der Waals surface area (Å²) in [5.41, 5.74) is 5.62. The van der Waals surface area contributed by atoms with Crippen molar-refractivity contribution in [3.05, 3.63) is 0 Å². The molecule has 2 aliphatic heterocycles. The van der Waals surface area contributed by atoms with Crippen molar-refractivity contribution < 1.29 is 9.53 Å². The summed E-state index contributed by atoms with van der Waals surface area (Å²) in [7, 11) is 0. The van der Waals surface area contributed by atoms with Gasteiger partial charge in [0, 0.05) is 18.1 Å². The van der Waals surface area contributed by atoms with Crippen molar-refractivity contribution in [3.63, 3.8) is 0 Å². The van der Waals surface area contributed by atoms with Crippen molar-refractivity contribution in [1.29, 1.82) is 0 Å². The number of nitrogens with zero attached hydrogens (tertiary/aromatic N) is 1. The van der Waals surface area contributed by atoms with E-state index in [1.54, 1.807) is 0 Å². The molecule has 17 heavy (non-hydrogen) atoms. The van der Waals surface area contributed by atoms with E-state index in [9.17, 15) is 4.79 Å². The first-order valence-corrected chi connectivity index (χ1v) is 6.64. The second-order valence-corrected chi connectivity index (χ2v) is 6.36. The molecule has 2 bridgehead atoms. The van der Waals surface area contributed by atoms with Gasteiger partial charge in [0.15, 0.2) is 0 Å². The van der Waals surface area contributed by atoms with Gasteiger partial charge in [0.1, 0.15) is 5.60 Å². The summed E-state index contributed by atoms with van der Waals surface area (Å²) >= 11 is 0. The van der Waals surface area contributed by atoms with Crippen LogP contribution < -0.4 is 5.73 Å². The maximum Gasteiger partial charge on any atom is 0.410 e. The molecule has 0 aliphatic carbocycles. The molecule has 2 aliphatic rings. The Hall–Kier alpha value is -0.770. The normalized spacial score (nSPS) is 33.4. The van der Waals surface area contributed by atoms with E-state index in [2.05, 4.69) is 0 Å². The molecule has 0 spiro atoms. The Labute approximate surface area is 103 Å². The van der Waals surface area contributed by atoms with Gasteiger partial charge in [-0.15, -0.1) is 0 Å². The summed E-state index contributed by atoms with van der Waals surface area (Å²) in [6.45, 7) is 5.74. The average molecular weight is 240 g/mol. The maximum atomic E-state index is 12.2. The first kappa shape index (κ1) is 12.7. The summed E-state index contributed by atoms with van der Waals surface area (Å²) in [4.78, 5) is 14.2. The molecule has 2 rings (SSSR count). The van der Waals surface area contributed by atoms with Gasteiger partial charge in [0.05, 0.1) is 0 Å². The third kappa shape index (κ3) is 2.92. The van der Waals surface area contributed by atoms with Crippen LogP contribution in [0.1, 0.15) is 52.9 Å². The van der Waals surface area contributed by atoms with Crippen LogP contribution >= 0.6 is 0 Å². The van der Waals surface area contributed by atoms with E-state index in [-0.39, 0.29) is 12.1 Å². The third-order valence-electron chi connectivity index (χ3n) is 3.62.